The molecule has 17 heavy (non-hydrogen) atoms. The number of hydroxylamine groups is 1. The lowest BCUT2D eigenvalue weighted by molar-refractivity contribution is 0.427. The fourth-order valence-electron chi connectivity index (χ4n) is 1.83. The van der Waals surface area contributed by atoms with Crippen LogP contribution in [0.25, 0.3) is 0 Å². The Hall–Kier alpha value is -0.870. The van der Waals surface area contributed by atoms with Gasteiger partial charge in [0.05, 0.1) is 10.1 Å². The smallest absolute Gasteiger partial charge is 0.160 e. The first kappa shape index (κ1) is 12.6. The van der Waals surface area contributed by atoms with Crippen molar-refractivity contribution in [3.63, 3.8) is 0 Å². The standard InChI is InChI=1S/C12H12Cl2N2O/c1-8-3-9(2)5-10(4-8)16(17)7-12(14)11(13)6-15-16/h3-6H,7H2,1-2H3. The Morgan fingerprint density at radius 2 is 1.76 bits per heavy atom. The van der Waals surface area contributed by atoms with Gasteiger partial charge in [-0.3, -0.25) is 0 Å². The van der Waals surface area contributed by atoms with Crippen molar-refractivity contribution in [2.75, 3.05) is 6.54 Å². The first-order valence-corrected chi connectivity index (χ1v) is 5.94. The van der Waals surface area contributed by atoms with E-state index in [1.165, 1.54) is 6.21 Å². The van der Waals surface area contributed by atoms with Crippen molar-refractivity contribution in [1.82, 2.24) is 4.76 Å². The summed E-state index contributed by atoms with van der Waals surface area (Å²) >= 11 is 11.7. The number of quaternary nitrogens is 1. The van der Waals surface area contributed by atoms with Crippen molar-refractivity contribution < 1.29 is 0 Å². The largest absolute Gasteiger partial charge is 0.599 e. The van der Waals surface area contributed by atoms with E-state index in [-0.39, 0.29) is 6.54 Å². The van der Waals surface area contributed by atoms with E-state index in [4.69, 9.17) is 23.2 Å². The summed E-state index contributed by atoms with van der Waals surface area (Å²) in [5.41, 5.74) is 2.63. The average molecular weight is 271 g/mol. The third-order valence-electron chi connectivity index (χ3n) is 2.58. The summed E-state index contributed by atoms with van der Waals surface area (Å²) in [7, 11) is 0. The van der Waals surface area contributed by atoms with Crippen LogP contribution in [0.2, 0.25) is 0 Å². The molecule has 0 aromatic heterocycles. The topological polar surface area (TPSA) is 35.4 Å². The van der Waals surface area contributed by atoms with E-state index in [1.807, 2.05) is 32.0 Å². The summed E-state index contributed by atoms with van der Waals surface area (Å²) in [5.74, 6) is 0. The Bertz CT molecular complexity index is 505. The van der Waals surface area contributed by atoms with E-state index in [9.17, 15) is 5.21 Å². The molecule has 0 saturated carbocycles. The Kier molecular flexibility index (Phi) is 3.27. The third-order valence-corrected chi connectivity index (χ3v) is 3.33. The Morgan fingerprint density at radius 1 is 1.18 bits per heavy atom. The molecule has 0 N–H and O–H groups in total. The van der Waals surface area contributed by atoms with Crippen molar-refractivity contribution in [3.8, 4) is 0 Å². The Morgan fingerprint density at radius 3 is 2.29 bits per heavy atom. The molecule has 1 atom stereocenters. The number of halogens is 2. The fraction of sp³-hybridized carbons (Fsp3) is 0.250. The average Bonchev–Trinajstić information content (AvgIpc) is 2.23. The van der Waals surface area contributed by atoms with Gasteiger partial charge in [0.1, 0.15) is 12.8 Å². The number of rotatable bonds is 1. The van der Waals surface area contributed by atoms with Crippen molar-refractivity contribution in [2.45, 2.75) is 13.8 Å². The lowest BCUT2D eigenvalue weighted by atomic mass is 10.1. The van der Waals surface area contributed by atoms with Gasteiger partial charge in [-0.25, -0.2) is 0 Å². The highest BCUT2D eigenvalue weighted by atomic mass is 35.5. The summed E-state index contributed by atoms with van der Waals surface area (Å²) in [4.78, 5) is 0. The van der Waals surface area contributed by atoms with Gasteiger partial charge in [0.15, 0.2) is 5.69 Å². The minimum atomic E-state index is -0.836. The summed E-state index contributed by atoms with van der Waals surface area (Å²) in [6, 6.07) is 5.65. The number of benzene rings is 1. The number of hydrogen-bond donors (Lipinski definition) is 0. The molecule has 0 spiro atoms. The second kappa shape index (κ2) is 4.42. The van der Waals surface area contributed by atoms with Gasteiger partial charge in [0, 0.05) is 12.1 Å². The molecular weight excluding hydrogens is 259 g/mol. The van der Waals surface area contributed by atoms with E-state index in [0.717, 1.165) is 11.1 Å². The normalized spacial score (nSPS) is 24.3. The SMILES string of the molecule is Cc1cc(C)cc([N+]2([O-])CC(Cl)=C(Cl)C=N2)c1. The molecule has 0 fully saturated rings. The van der Waals surface area contributed by atoms with Crippen LogP contribution in [0.3, 0.4) is 0 Å². The van der Waals surface area contributed by atoms with Crippen LogP contribution in [0, 0.1) is 19.1 Å². The zero-order chi connectivity index (χ0) is 12.6. The minimum Gasteiger partial charge on any atom is -0.599 e. The fourth-order valence-corrected chi connectivity index (χ4v) is 2.14. The minimum absolute atomic E-state index is 0.0415. The molecule has 0 aliphatic carbocycles. The maximum Gasteiger partial charge on any atom is 0.160 e. The van der Waals surface area contributed by atoms with Crippen LogP contribution in [0.5, 0.6) is 0 Å². The van der Waals surface area contributed by atoms with Gasteiger partial charge in [-0.15, -0.1) is 0 Å². The Balaban J connectivity index is 2.44. The van der Waals surface area contributed by atoms with E-state index in [0.29, 0.717) is 15.8 Å². The molecular formula is C12H12Cl2N2O. The maximum absolute atomic E-state index is 12.5. The molecule has 0 bridgehead atoms. The van der Waals surface area contributed by atoms with Gasteiger partial charge < -0.3 is 5.21 Å². The Labute approximate surface area is 110 Å². The predicted octanol–water partition coefficient (Wildman–Crippen LogP) is 3.80. The van der Waals surface area contributed by atoms with Crippen LogP contribution in [0.4, 0.5) is 5.69 Å². The van der Waals surface area contributed by atoms with E-state index < -0.39 is 4.76 Å². The predicted molar refractivity (Wildman–Crippen MR) is 73.2 cm³/mol. The van der Waals surface area contributed by atoms with Gasteiger partial charge in [-0.05, 0) is 25.0 Å². The molecule has 0 amide bonds. The second-order valence-corrected chi connectivity index (χ2v) is 5.07. The summed E-state index contributed by atoms with van der Waals surface area (Å²) in [6.45, 7) is 3.93. The van der Waals surface area contributed by atoms with Crippen molar-refractivity contribution in [3.05, 3.63) is 44.6 Å². The van der Waals surface area contributed by atoms with Gasteiger partial charge in [0.2, 0.25) is 0 Å². The monoisotopic (exact) mass is 270 g/mol. The van der Waals surface area contributed by atoms with Crippen LogP contribution in [0.1, 0.15) is 11.1 Å². The first-order valence-electron chi connectivity index (χ1n) is 5.18. The van der Waals surface area contributed by atoms with Gasteiger partial charge in [0.25, 0.3) is 0 Å². The lowest BCUT2D eigenvalue weighted by Crippen LogP contribution is -2.40. The van der Waals surface area contributed by atoms with Crippen LogP contribution in [0.15, 0.2) is 33.4 Å². The molecule has 1 aliphatic rings. The molecule has 3 nitrogen and oxygen atoms in total. The summed E-state index contributed by atoms with van der Waals surface area (Å²) in [5, 5.41) is 17.2. The number of hydrogen-bond acceptors (Lipinski definition) is 2. The van der Waals surface area contributed by atoms with E-state index in [1.54, 1.807) is 0 Å². The zero-order valence-electron chi connectivity index (χ0n) is 9.58. The molecule has 0 radical (unpaired) electrons. The van der Waals surface area contributed by atoms with E-state index in [2.05, 4.69) is 5.10 Å². The van der Waals surface area contributed by atoms with Crippen molar-refractivity contribution in [1.29, 1.82) is 0 Å². The third kappa shape index (κ3) is 2.53. The number of nitrogens with zero attached hydrogens (tertiary/aromatic N) is 2. The molecule has 2 rings (SSSR count). The van der Waals surface area contributed by atoms with Crippen LogP contribution >= 0.6 is 23.2 Å². The first-order chi connectivity index (χ1) is 7.90. The zero-order valence-corrected chi connectivity index (χ0v) is 11.1. The van der Waals surface area contributed by atoms with Gasteiger partial charge in [-0.2, -0.15) is 4.76 Å². The van der Waals surface area contributed by atoms with Crippen LogP contribution in [-0.4, -0.2) is 12.8 Å². The highest BCUT2D eigenvalue weighted by Gasteiger charge is 2.26. The maximum atomic E-state index is 12.5. The van der Waals surface area contributed by atoms with Crippen molar-refractivity contribution in [2.24, 2.45) is 5.10 Å². The molecule has 0 saturated heterocycles. The molecule has 1 heterocycles. The molecule has 1 unspecified atom stereocenters. The summed E-state index contributed by atoms with van der Waals surface area (Å²) in [6.07, 6.45) is 1.32. The lowest BCUT2D eigenvalue weighted by Gasteiger charge is -2.36. The molecule has 1 aliphatic heterocycles. The molecule has 1 aromatic carbocycles. The van der Waals surface area contributed by atoms with E-state index >= 15 is 0 Å². The number of aryl methyl sites for hydroxylation is 2. The quantitative estimate of drug-likeness (QED) is 0.565. The number of allylic oxidation sites excluding steroid dienone is 1. The molecule has 90 valence electrons. The highest BCUT2D eigenvalue weighted by molar-refractivity contribution is 6.46. The highest BCUT2D eigenvalue weighted by Crippen LogP contribution is 2.31. The van der Waals surface area contributed by atoms with Crippen LogP contribution in [-0.2, 0) is 0 Å². The molecule has 1 aromatic rings. The van der Waals surface area contributed by atoms with Crippen molar-refractivity contribution >= 4 is 35.1 Å². The molecule has 5 heteroatoms. The van der Waals surface area contributed by atoms with Gasteiger partial charge >= 0.3 is 0 Å². The second-order valence-electron chi connectivity index (χ2n) is 4.20. The van der Waals surface area contributed by atoms with Crippen LogP contribution < -0.4 is 4.76 Å². The summed E-state index contributed by atoms with van der Waals surface area (Å²) < 4.78 is -0.836. The van der Waals surface area contributed by atoms with Gasteiger partial charge in [-0.1, -0.05) is 34.4 Å².